The Morgan fingerprint density at radius 2 is 1.97 bits per heavy atom. The van der Waals surface area contributed by atoms with Crippen LogP contribution in [0.2, 0.25) is 0 Å². The van der Waals surface area contributed by atoms with Gasteiger partial charge in [0.15, 0.2) is 0 Å². The summed E-state index contributed by atoms with van der Waals surface area (Å²) in [7, 11) is 0. The SMILES string of the molecule is CCC[C@]12CC[C@@](C)(O)C[C@H]1CC[C@H]1[C@@H]3CC[C@H]([C@H](C)Cn4cc(C#N)cn4)[C@@]3(C)CC[C@@H]12. The van der Waals surface area contributed by atoms with Crippen molar-refractivity contribution in [2.24, 2.45) is 46.3 Å². The van der Waals surface area contributed by atoms with E-state index in [4.69, 9.17) is 5.26 Å². The van der Waals surface area contributed by atoms with Gasteiger partial charge in [-0.3, -0.25) is 4.68 Å². The zero-order chi connectivity index (χ0) is 23.4. The van der Waals surface area contributed by atoms with Crippen LogP contribution in [0.25, 0.3) is 0 Å². The van der Waals surface area contributed by atoms with Crippen LogP contribution in [0.3, 0.4) is 0 Å². The van der Waals surface area contributed by atoms with E-state index in [0.29, 0.717) is 22.3 Å². The summed E-state index contributed by atoms with van der Waals surface area (Å²) in [5.41, 5.74) is 1.17. The second-order valence-electron chi connectivity index (χ2n) is 13.1. The molecule has 1 N–H and O–H groups in total. The largest absolute Gasteiger partial charge is 0.390 e. The van der Waals surface area contributed by atoms with Crippen LogP contribution in [-0.4, -0.2) is 20.5 Å². The standard InChI is InChI=1S/C29H45N3O/c1-5-11-29-14-13-27(3,33)15-22(29)6-7-23-25-9-8-24(28(25,4)12-10-26(23)29)20(2)18-32-19-21(16-30)17-31-32/h17,19-20,22-26,33H,5-15,18H2,1-4H3/t20-,22-,23+,24-,25+,26+,27-,28-,29+/m1/s1. The first-order valence-electron chi connectivity index (χ1n) is 13.9. The monoisotopic (exact) mass is 451 g/mol. The molecule has 0 aromatic carbocycles. The van der Waals surface area contributed by atoms with E-state index in [2.05, 4.69) is 38.9 Å². The average molecular weight is 452 g/mol. The van der Waals surface area contributed by atoms with Crippen molar-refractivity contribution in [3.63, 3.8) is 0 Å². The highest BCUT2D eigenvalue weighted by Crippen LogP contribution is 2.69. The number of nitriles is 1. The Balaban J connectivity index is 1.36. The first kappa shape index (κ1) is 23.4. The molecular weight excluding hydrogens is 406 g/mol. The predicted molar refractivity (Wildman–Crippen MR) is 131 cm³/mol. The third kappa shape index (κ3) is 3.78. The van der Waals surface area contributed by atoms with Crippen LogP contribution >= 0.6 is 0 Å². The zero-order valence-electron chi connectivity index (χ0n) is 21.4. The molecule has 0 amide bonds. The summed E-state index contributed by atoms with van der Waals surface area (Å²) in [6, 6.07) is 2.22. The van der Waals surface area contributed by atoms with Crippen molar-refractivity contribution in [3.8, 4) is 6.07 Å². The number of hydrogen-bond donors (Lipinski definition) is 1. The van der Waals surface area contributed by atoms with Gasteiger partial charge in [-0.2, -0.15) is 10.4 Å². The Bertz CT molecular complexity index is 899. The lowest BCUT2D eigenvalue weighted by atomic mass is 9.42. The van der Waals surface area contributed by atoms with Crippen molar-refractivity contribution in [1.29, 1.82) is 5.26 Å². The molecule has 0 saturated heterocycles. The fourth-order valence-corrected chi connectivity index (χ4v) is 10.1. The number of nitrogens with zero attached hydrogens (tertiary/aromatic N) is 3. The topological polar surface area (TPSA) is 61.8 Å². The summed E-state index contributed by atoms with van der Waals surface area (Å²) in [6.07, 6.45) is 17.8. The lowest BCUT2D eigenvalue weighted by molar-refractivity contribution is -0.159. The molecule has 4 nitrogen and oxygen atoms in total. The summed E-state index contributed by atoms with van der Waals surface area (Å²) < 4.78 is 2.00. The summed E-state index contributed by atoms with van der Waals surface area (Å²) in [5.74, 6) is 4.72. The van der Waals surface area contributed by atoms with Crippen LogP contribution < -0.4 is 0 Å². The quantitative estimate of drug-likeness (QED) is 0.550. The fourth-order valence-electron chi connectivity index (χ4n) is 10.1. The molecule has 0 spiro atoms. The highest BCUT2D eigenvalue weighted by atomic mass is 16.3. The van der Waals surface area contributed by atoms with E-state index >= 15 is 0 Å². The number of aromatic nitrogens is 2. The van der Waals surface area contributed by atoms with Crippen molar-refractivity contribution >= 4 is 0 Å². The molecular formula is C29H45N3O. The van der Waals surface area contributed by atoms with Gasteiger partial charge >= 0.3 is 0 Å². The molecule has 1 aromatic rings. The second kappa shape index (κ2) is 8.40. The molecule has 4 heteroatoms. The maximum atomic E-state index is 10.9. The minimum absolute atomic E-state index is 0.441. The number of fused-ring (bicyclic) bond motifs is 5. The highest BCUT2D eigenvalue weighted by Gasteiger charge is 2.62. The third-order valence-electron chi connectivity index (χ3n) is 11.4. The van der Waals surface area contributed by atoms with Gasteiger partial charge in [0, 0.05) is 12.7 Å². The maximum Gasteiger partial charge on any atom is 0.102 e. The third-order valence-corrected chi connectivity index (χ3v) is 11.4. The first-order chi connectivity index (χ1) is 15.7. The van der Waals surface area contributed by atoms with Crippen molar-refractivity contribution in [2.45, 2.75) is 110 Å². The molecule has 182 valence electrons. The fraction of sp³-hybridized carbons (Fsp3) is 0.862. The van der Waals surface area contributed by atoms with Gasteiger partial charge < -0.3 is 5.11 Å². The first-order valence-corrected chi connectivity index (χ1v) is 13.9. The summed E-state index contributed by atoms with van der Waals surface area (Å²) >= 11 is 0. The van der Waals surface area contributed by atoms with E-state index in [9.17, 15) is 5.11 Å². The van der Waals surface area contributed by atoms with Crippen molar-refractivity contribution < 1.29 is 5.11 Å². The van der Waals surface area contributed by atoms with Crippen LogP contribution in [0.15, 0.2) is 12.4 Å². The minimum Gasteiger partial charge on any atom is -0.390 e. The van der Waals surface area contributed by atoms with Gasteiger partial charge in [-0.25, -0.2) is 0 Å². The van der Waals surface area contributed by atoms with E-state index in [1.54, 1.807) is 6.20 Å². The Kier molecular flexibility index (Phi) is 5.96. The van der Waals surface area contributed by atoms with Gasteiger partial charge in [-0.1, -0.05) is 27.2 Å². The second-order valence-corrected chi connectivity index (χ2v) is 13.1. The van der Waals surface area contributed by atoms with Crippen LogP contribution in [0.5, 0.6) is 0 Å². The zero-order valence-corrected chi connectivity index (χ0v) is 21.4. The molecule has 1 aromatic heterocycles. The molecule has 9 atom stereocenters. The Labute approximate surface area is 201 Å². The lowest BCUT2D eigenvalue weighted by Crippen LogP contribution is -2.56. The molecule has 0 aliphatic heterocycles. The number of rotatable bonds is 5. The van der Waals surface area contributed by atoms with Crippen molar-refractivity contribution in [1.82, 2.24) is 9.78 Å². The maximum absolute atomic E-state index is 10.9. The van der Waals surface area contributed by atoms with Gasteiger partial charge in [-0.15, -0.1) is 0 Å². The smallest absolute Gasteiger partial charge is 0.102 e. The molecule has 1 heterocycles. The highest BCUT2D eigenvalue weighted by molar-refractivity contribution is 5.21. The molecule has 5 rings (SSSR count). The molecule has 4 saturated carbocycles. The van der Waals surface area contributed by atoms with Crippen LogP contribution in [0, 0.1) is 57.7 Å². The van der Waals surface area contributed by atoms with Crippen LogP contribution in [-0.2, 0) is 6.54 Å². The van der Waals surface area contributed by atoms with E-state index in [1.165, 1.54) is 57.8 Å². The number of hydrogen-bond acceptors (Lipinski definition) is 3. The molecule has 0 radical (unpaired) electrons. The Morgan fingerprint density at radius 3 is 2.70 bits per heavy atom. The summed E-state index contributed by atoms with van der Waals surface area (Å²) in [4.78, 5) is 0. The van der Waals surface area contributed by atoms with E-state index in [-0.39, 0.29) is 0 Å². The number of aliphatic hydroxyl groups is 1. The van der Waals surface area contributed by atoms with Crippen LogP contribution in [0.4, 0.5) is 0 Å². The molecule has 33 heavy (non-hydrogen) atoms. The van der Waals surface area contributed by atoms with E-state index in [0.717, 1.165) is 49.0 Å². The molecule has 0 bridgehead atoms. The van der Waals surface area contributed by atoms with E-state index in [1.807, 2.05) is 10.9 Å². The van der Waals surface area contributed by atoms with Gasteiger partial charge in [0.25, 0.3) is 0 Å². The molecule has 0 unspecified atom stereocenters. The van der Waals surface area contributed by atoms with Gasteiger partial charge in [0.05, 0.1) is 17.4 Å². The van der Waals surface area contributed by atoms with Gasteiger partial charge in [0.1, 0.15) is 6.07 Å². The Morgan fingerprint density at radius 1 is 1.15 bits per heavy atom. The summed E-state index contributed by atoms with van der Waals surface area (Å²) in [5, 5.41) is 24.5. The molecule has 4 fully saturated rings. The normalized spacial score (nSPS) is 45.5. The van der Waals surface area contributed by atoms with Gasteiger partial charge in [0.2, 0.25) is 0 Å². The average Bonchev–Trinajstić information content (AvgIpc) is 3.37. The van der Waals surface area contributed by atoms with Crippen molar-refractivity contribution in [3.05, 3.63) is 18.0 Å². The van der Waals surface area contributed by atoms with Gasteiger partial charge in [-0.05, 0) is 117 Å². The predicted octanol–water partition coefficient (Wildman–Crippen LogP) is 6.58. The molecule has 4 aliphatic carbocycles. The van der Waals surface area contributed by atoms with E-state index < -0.39 is 5.60 Å². The van der Waals surface area contributed by atoms with Crippen molar-refractivity contribution in [2.75, 3.05) is 0 Å². The lowest BCUT2D eigenvalue weighted by Gasteiger charge is -2.63. The Hall–Kier alpha value is -1.34. The van der Waals surface area contributed by atoms with Crippen LogP contribution in [0.1, 0.15) is 104 Å². The molecule has 4 aliphatic rings. The minimum atomic E-state index is -0.441. The summed E-state index contributed by atoms with van der Waals surface area (Å²) in [6.45, 7) is 10.5.